The number of carbonyl (C=O) groups is 3. The van der Waals surface area contributed by atoms with Gasteiger partial charge in [0.2, 0.25) is 0 Å². The number of amides is 2. The summed E-state index contributed by atoms with van der Waals surface area (Å²) in [5.74, 6) is -0.983. The average Bonchev–Trinajstić information content (AvgIpc) is 2.80. The van der Waals surface area contributed by atoms with Gasteiger partial charge in [-0.1, -0.05) is 48.0 Å². The highest BCUT2D eigenvalue weighted by atomic mass is 16.6. The van der Waals surface area contributed by atoms with Crippen molar-refractivity contribution in [3.05, 3.63) is 65.7 Å². The summed E-state index contributed by atoms with van der Waals surface area (Å²) in [5.41, 5.74) is 4.92. The number of hydrogen-bond acceptors (Lipinski definition) is 6. The largest absolute Gasteiger partial charge is 0.465 e. The van der Waals surface area contributed by atoms with Crippen LogP contribution in [0.5, 0.6) is 0 Å². The second kappa shape index (κ2) is 12.9. The van der Waals surface area contributed by atoms with Crippen LogP contribution in [-0.2, 0) is 25.5 Å². The molecule has 0 saturated carbocycles. The van der Waals surface area contributed by atoms with Gasteiger partial charge in [0.15, 0.2) is 0 Å². The molecule has 0 aliphatic carbocycles. The number of rotatable bonds is 10. The molecule has 0 aromatic heterocycles. The molecule has 35 heavy (non-hydrogen) atoms. The lowest BCUT2D eigenvalue weighted by atomic mass is 10.1. The second-order valence-corrected chi connectivity index (χ2v) is 9.31. The van der Waals surface area contributed by atoms with E-state index in [0.717, 1.165) is 11.1 Å². The van der Waals surface area contributed by atoms with Gasteiger partial charge >= 0.3 is 18.0 Å². The van der Waals surface area contributed by atoms with Crippen LogP contribution in [0, 0.1) is 6.92 Å². The first-order chi connectivity index (χ1) is 16.5. The lowest BCUT2D eigenvalue weighted by molar-refractivity contribution is -0.153. The molecule has 0 bridgehead atoms. The summed E-state index contributed by atoms with van der Waals surface area (Å²) in [6, 6.07) is 15.8. The summed E-state index contributed by atoms with van der Waals surface area (Å²) in [4.78, 5) is 40.0. The minimum atomic E-state index is -0.745. The Kier molecular flexibility index (Phi) is 10.3. The molecule has 0 aliphatic heterocycles. The third-order valence-corrected chi connectivity index (χ3v) is 5.06. The highest BCUT2D eigenvalue weighted by Crippen LogP contribution is 2.18. The van der Waals surface area contributed by atoms with Crippen molar-refractivity contribution in [1.82, 2.24) is 10.4 Å². The third kappa shape index (κ3) is 9.41. The summed E-state index contributed by atoms with van der Waals surface area (Å²) >= 11 is 0. The number of aryl methyl sites for hydroxylation is 2. The number of hydrogen-bond donors (Lipinski definition) is 1. The molecule has 0 fully saturated rings. The molecule has 1 N–H and O–H groups in total. The van der Waals surface area contributed by atoms with E-state index in [2.05, 4.69) is 5.43 Å². The van der Waals surface area contributed by atoms with E-state index in [9.17, 15) is 14.4 Å². The van der Waals surface area contributed by atoms with E-state index in [-0.39, 0.29) is 13.2 Å². The second-order valence-electron chi connectivity index (χ2n) is 9.31. The monoisotopic (exact) mass is 483 g/mol. The van der Waals surface area contributed by atoms with Crippen molar-refractivity contribution in [2.45, 2.75) is 59.1 Å². The lowest BCUT2D eigenvalue weighted by Crippen LogP contribution is -2.55. The van der Waals surface area contributed by atoms with Crippen LogP contribution in [0.2, 0.25) is 0 Å². The van der Waals surface area contributed by atoms with Gasteiger partial charge in [-0.15, -0.1) is 0 Å². The third-order valence-electron chi connectivity index (χ3n) is 5.06. The Hall–Kier alpha value is -3.39. The minimum absolute atomic E-state index is 0.230. The van der Waals surface area contributed by atoms with Crippen LogP contribution in [0.4, 0.5) is 10.5 Å². The molecule has 190 valence electrons. The molecule has 0 aliphatic rings. The lowest BCUT2D eigenvalue weighted by Gasteiger charge is -2.31. The molecule has 0 spiro atoms. The molecule has 1 unspecified atom stereocenters. The van der Waals surface area contributed by atoms with Crippen molar-refractivity contribution in [3.8, 4) is 0 Å². The van der Waals surface area contributed by atoms with E-state index in [1.165, 1.54) is 17.0 Å². The van der Waals surface area contributed by atoms with E-state index < -0.39 is 29.6 Å². The predicted molar refractivity (Wildman–Crippen MR) is 136 cm³/mol. The van der Waals surface area contributed by atoms with Crippen molar-refractivity contribution in [2.75, 3.05) is 25.1 Å². The molecule has 0 heterocycles. The van der Waals surface area contributed by atoms with Gasteiger partial charge in [0.05, 0.1) is 6.61 Å². The molecule has 8 heteroatoms. The van der Waals surface area contributed by atoms with Crippen LogP contribution in [-0.4, -0.2) is 54.8 Å². The van der Waals surface area contributed by atoms with Crippen LogP contribution < -0.4 is 10.3 Å². The number of anilines is 1. The number of esters is 2. The zero-order valence-electron chi connectivity index (χ0n) is 21.5. The molecular formula is C27H37N3O5. The van der Waals surface area contributed by atoms with Gasteiger partial charge in [-0.25, -0.2) is 10.2 Å². The van der Waals surface area contributed by atoms with E-state index in [4.69, 9.17) is 9.47 Å². The van der Waals surface area contributed by atoms with Crippen LogP contribution in [0.15, 0.2) is 54.6 Å². The van der Waals surface area contributed by atoms with Crippen LogP contribution in [0.25, 0.3) is 0 Å². The van der Waals surface area contributed by atoms with Crippen molar-refractivity contribution < 1.29 is 23.9 Å². The van der Waals surface area contributed by atoms with E-state index in [1.54, 1.807) is 39.8 Å². The quantitative estimate of drug-likeness (QED) is 0.401. The van der Waals surface area contributed by atoms with Crippen molar-refractivity contribution >= 4 is 23.7 Å². The Morgan fingerprint density at radius 2 is 1.63 bits per heavy atom. The SMILES string of the molecule is CCOC(=O)C(CCc1ccccc1)NN(C)C(=O)N(CC(=O)OC(C)(C)C)c1ccc(C)cc1. The van der Waals surface area contributed by atoms with Crippen molar-refractivity contribution in [2.24, 2.45) is 0 Å². The van der Waals surface area contributed by atoms with Gasteiger partial charge in [0.1, 0.15) is 18.2 Å². The Labute approximate surface area is 208 Å². The van der Waals surface area contributed by atoms with Crippen molar-refractivity contribution in [3.63, 3.8) is 0 Å². The molecular weight excluding hydrogens is 446 g/mol. The maximum Gasteiger partial charge on any atom is 0.339 e. The highest BCUT2D eigenvalue weighted by Gasteiger charge is 2.29. The fourth-order valence-electron chi connectivity index (χ4n) is 3.40. The standard InChI is InChI=1S/C27H37N3O5/c1-7-34-25(32)23(18-15-21-11-9-8-10-12-21)28-29(6)26(33)30(19-24(31)35-27(3,4)5)22-16-13-20(2)14-17-22/h8-14,16-17,23,28H,7,15,18-19H2,1-6H3. The molecule has 2 rings (SSSR count). The zero-order valence-corrected chi connectivity index (χ0v) is 21.5. The topological polar surface area (TPSA) is 88.2 Å². The predicted octanol–water partition coefficient (Wildman–Crippen LogP) is 4.26. The molecule has 2 amide bonds. The maximum atomic E-state index is 13.4. The summed E-state index contributed by atoms with van der Waals surface area (Å²) in [7, 11) is 1.52. The van der Waals surface area contributed by atoms with Gasteiger partial charge in [0.25, 0.3) is 0 Å². The Bertz CT molecular complexity index is 971. The summed E-state index contributed by atoms with van der Waals surface area (Å²) in [6.45, 7) is 8.94. The maximum absolute atomic E-state index is 13.4. The van der Waals surface area contributed by atoms with Gasteiger partial charge in [-0.05, 0) is 65.2 Å². The Morgan fingerprint density at radius 3 is 2.20 bits per heavy atom. The average molecular weight is 484 g/mol. The van der Waals surface area contributed by atoms with Crippen LogP contribution in [0.3, 0.4) is 0 Å². The fourth-order valence-corrected chi connectivity index (χ4v) is 3.40. The van der Waals surface area contributed by atoms with Crippen LogP contribution in [0.1, 0.15) is 45.2 Å². The normalized spacial score (nSPS) is 11.9. The Balaban J connectivity index is 2.20. The summed E-state index contributed by atoms with van der Waals surface area (Å²) in [6.07, 6.45) is 1.05. The summed E-state index contributed by atoms with van der Waals surface area (Å²) < 4.78 is 10.7. The first-order valence-corrected chi connectivity index (χ1v) is 11.8. The number of benzene rings is 2. The zero-order chi connectivity index (χ0) is 26.0. The molecule has 0 radical (unpaired) electrons. The number of nitrogens with zero attached hydrogens (tertiary/aromatic N) is 2. The molecule has 0 saturated heterocycles. The number of nitrogens with one attached hydrogen (secondary N) is 1. The molecule has 2 aromatic carbocycles. The number of ether oxygens (including phenoxy) is 2. The van der Waals surface area contributed by atoms with Crippen molar-refractivity contribution in [1.29, 1.82) is 0 Å². The van der Waals surface area contributed by atoms with E-state index in [0.29, 0.717) is 18.5 Å². The first kappa shape index (κ1) is 27.9. The first-order valence-electron chi connectivity index (χ1n) is 11.8. The van der Waals surface area contributed by atoms with E-state index in [1.807, 2.05) is 49.4 Å². The highest BCUT2D eigenvalue weighted by molar-refractivity contribution is 5.96. The van der Waals surface area contributed by atoms with Gasteiger partial charge in [-0.3, -0.25) is 19.5 Å². The van der Waals surface area contributed by atoms with Gasteiger partial charge < -0.3 is 9.47 Å². The van der Waals surface area contributed by atoms with Gasteiger partial charge in [0, 0.05) is 12.7 Å². The number of carbonyl (C=O) groups excluding carboxylic acids is 3. The molecule has 2 aromatic rings. The molecule has 1 atom stereocenters. The van der Waals surface area contributed by atoms with Gasteiger partial charge in [-0.2, -0.15) is 0 Å². The Morgan fingerprint density at radius 1 is 1.00 bits per heavy atom. The van der Waals surface area contributed by atoms with E-state index >= 15 is 0 Å². The number of hydrazine groups is 1. The summed E-state index contributed by atoms with van der Waals surface area (Å²) in [5, 5.41) is 1.22. The molecule has 8 nitrogen and oxygen atoms in total. The smallest absolute Gasteiger partial charge is 0.339 e. The van der Waals surface area contributed by atoms with Crippen LogP contribution >= 0.6 is 0 Å². The minimum Gasteiger partial charge on any atom is -0.465 e. The fraction of sp³-hybridized carbons (Fsp3) is 0.444. The number of urea groups is 1.